The average Bonchev–Trinajstić information content (AvgIpc) is 3.16. The van der Waals surface area contributed by atoms with E-state index in [0.717, 1.165) is 36.8 Å². The number of aromatic nitrogens is 2. The second kappa shape index (κ2) is 7.76. The Morgan fingerprint density at radius 2 is 2.19 bits per heavy atom. The predicted molar refractivity (Wildman–Crippen MR) is 98.4 cm³/mol. The van der Waals surface area contributed by atoms with Crippen LogP contribution in [-0.4, -0.2) is 27.6 Å². The number of carboxylic acid groups (broad SMARTS) is 1. The first-order valence-electron chi connectivity index (χ1n) is 8.22. The van der Waals surface area contributed by atoms with Crippen LogP contribution < -0.4 is 11.3 Å². The van der Waals surface area contributed by atoms with Gasteiger partial charge >= 0.3 is 5.97 Å². The highest BCUT2D eigenvalue weighted by Gasteiger charge is 2.22. The molecule has 1 aliphatic carbocycles. The molecule has 1 aliphatic rings. The summed E-state index contributed by atoms with van der Waals surface area (Å²) in [5.74, 6) is -1.67. The standard InChI is InChI=1S/C10H8N2O3S.C8H10FN/c13-8-6-4-2-1-3-5(4)16-9(6)12-7(11-8)10(14)15;9-8-3-1-2-7(6-8)4-5-10/h1-3H2,(H,14,15)(H,11,12,13);1-3,6H,4-5,10H2. The Hall–Kier alpha value is -2.58. The van der Waals surface area contributed by atoms with E-state index >= 15 is 0 Å². The van der Waals surface area contributed by atoms with E-state index in [1.807, 2.05) is 6.07 Å². The number of halogens is 1. The summed E-state index contributed by atoms with van der Waals surface area (Å²) in [6, 6.07) is 6.50. The van der Waals surface area contributed by atoms with Gasteiger partial charge in [-0.25, -0.2) is 14.2 Å². The zero-order valence-electron chi connectivity index (χ0n) is 13.9. The lowest BCUT2D eigenvalue weighted by Crippen LogP contribution is -2.15. The van der Waals surface area contributed by atoms with E-state index in [-0.39, 0.29) is 17.2 Å². The van der Waals surface area contributed by atoms with Crippen LogP contribution in [0.5, 0.6) is 0 Å². The fourth-order valence-electron chi connectivity index (χ4n) is 2.96. The number of nitrogens with zero attached hydrogens (tertiary/aromatic N) is 1. The van der Waals surface area contributed by atoms with Crippen molar-refractivity contribution in [3.63, 3.8) is 0 Å². The number of rotatable bonds is 3. The van der Waals surface area contributed by atoms with Gasteiger partial charge in [-0.1, -0.05) is 12.1 Å². The minimum Gasteiger partial charge on any atom is -0.475 e. The van der Waals surface area contributed by atoms with E-state index in [4.69, 9.17) is 10.8 Å². The molecule has 4 rings (SSSR count). The zero-order chi connectivity index (χ0) is 18.7. The first-order valence-corrected chi connectivity index (χ1v) is 9.03. The minimum absolute atomic E-state index is 0.189. The summed E-state index contributed by atoms with van der Waals surface area (Å²) in [7, 11) is 0. The number of benzene rings is 1. The maximum Gasteiger partial charge on any atom is 0.372 e. The van der Waals surface area contributed by atoms with Gasteiger partial charge in [0.25, 0.3) is 5.56 Å². The molecule has 6 nitrogen and oxygen atoms in total. The number of hydrogen-bond acceptors (Lipinski definition) is 5. The molecule has 1 aromatic carbocycles. The van der Waals surface area contributed by atoms with Crippen LogP contribution in [0.2, 0.25) is 0 Å². The van der Waals surface area contributed by atoms with Crippen LogP contribution in [0, 0.1) is 5.82 Å². The Bertz CT molecular complexity index is 1010. The number of nitrogens with one attached hydrogen (secondary N) is 1. The highest BCUT2D eigenvalue weighted by Crippen LogP contribution is 2.34. The van der Waals surface area contributed by atoms with Crippen molar-refractivity contribution < 1.29 is 14.3 Å². The van der Waals surface area contributed by atoms with Gasteiger partial charge in [-0.05, 0) is 55.5 Å². The summed E-state index contributed by atoms with van der Waals surface area (Å²) in [5, 5.41) is 9.37. The SMILES string of the molecule is NCCc1cccc(F)c1.O=C(O)c1nc2sc3c(c2c(=O)[nH]1)CCC3. The van der Waals surface area contributed by atoms with Crippen LogP contribution in [0.4, 0.5) is 4.39 Å². The van der Waals surface area contributed by atoms with E-state index in [1.165, 1.54) is 28.3 Å². The van der Waals surface area contributed by atoms with E-state index in [9.17, 15) is 14.0 Å². The molecule has 0 atom stereocenters. The van der Waals surface area contributed by atoms with Gasteiger partial charge in [0.15, 0.2) is 0 Å². The van der Waals surface area contributed by atoms with Crippen molar-refractivity contribution in [3.05, 3.63) is 62.3 Å². The second-order valence-electron chi connectivity index (χ2n) is 5.93. The molecular weight excluding hydrogens is 357 g/mol. The fourth-order valence-corrected chi connectivity index (χ4v) is 4.22. The number of fused-ring (bicyclic) bond motifs is 3. The van der Waals surface area contributed by atoms with Crippen LogP contribution >= 0.6 is 11.3 Å². The van der Waals surface area contributed by atoms with Gasteiger partial charge in [0.05, 0.1) is 5.39 Å². The van der Waals surface area contributed by atoms with Crippen LogP contribution in [0.25, 0.3) is 10.2 Å². The molecule has 0 saturated heterocycles. The molecule has 0 saturated carbocycles. The average molecular weight is 375 g/mol. The van der Waals surface area contributed by atoms with Crippen LogP contribution in [-0.2, 0) is 19.3 Å². The van der Waals surface area contributed by atoms with Gasteiger partial charge in [0.2, 0.25) is 5.82 Å². The first kappa shape index (κ1) is 18.2. The molecular formula is C18H18FN3O3S. The summed E-state index contributed by atoms with van der Waals surface area (Å²) in [6.45, 7) is 0.573. The van der Waals surface area contributed by atoms with Gasteiger partial charge in [0.1, 0.15) is 10.6 Å². The number of H-pyrrole nitrogens is 1. The zero-order valence-corrected chi connectivity index (χ0v) is 14.7. The van der Waals surface area contributed by atoms with E-state index in [2.05, 4.69) is 9.97 Å². The predicted octanol–water partition coefficient (Wildman–Crippen LogP) is 2.50. The molecule has 0 aliphatic heterocycles. The Labute approximate surface area is 152 Å². The molecule has 8 heteroatoms. The Kier molecular flexibility index (Phi) is 5.43. The van der Waals surface area contributed by atoms with Crippen molar-refractivity contribution in [1.82, 2.24) is 9.97 Å². The Balaban J connectivity index is 0.000000170. The number of thiophene rings is 1. The smallest absolute Gasteiger partial charge is 0.372 e. The maximum atomic E-state index is 12.4. The van der Waals surface area contributed by atoms with Crippen molar-refractivity contribution in [2.45, 2.75) is 25.7 Å². The van der Waals surface area contributed by atoms with Gasteiger partial charge in [-0.2, -0.15) is 0 Å². The Morgan fingerprint density at radius 1 is 1.38 bits per heavy atom. The van der Waals surface area contributed by atoms with E-state index in [1.54, 1.807) is 6.07 Å². The van der Waals surface area contributed by atoms with E-state index < -0.39 is 5.97 Å². The topological polar surface area (TPSA) is 109 Å². The third-order valence-corrected chi connectivity index (χ3v) is 5.29. The van der Waals surface area contributed by atoms with Crippen LogP contribution in [0.1, 0.15) is 33.0 Å². The maximum absolute atomic E-state index is 12.4. The number of carbonyl (C=O) groups is 1. The first-order chi connectivity index (χ1) is 12.5. The number of carboxylic acids is 1. The third kappa shape index (κ3) is 3.81. The molecule has 2 heterocycles. The van der Waals surface area contributed by atoms with Crippen LogP contribution in [0.15, 0.2) is 29.1 Å². The lowest BCUT2D eigenvalue weighted by molar-refractivity contribution is 0.0683. The number of aryl methyl sites for hydroxylation is 2. The summed E-state index contributed by atoms with van der Waals surface area (Å²) in [5.41, 5.74) is 6.98. The number of aromatic carboxylic acids is 1. The van der Waals surface area contributed by atoms with Crippen molar-refractivity contribution in [3.8, 4) is 0 Å². The minimum atomic E-state index is -1.20. The summed E-state index contributed by atoms with van der Waals surface area (Å²) < 4.78 is 12.4. The molecule has 0 amide bonds. The third-order valence-electron chi connectivity index (χ3n) is 4.10. The highest BCUT2D eigenvalue weighted by atomic mass is 32.1. The normalized spacial score (nSPS) is 12.5. The molecule has 0 unspecified atom stereocenters. The van der Waals surface area contributed by atoms with Gasteiger partial charge in [-0.3, -0.25) is 4.79 Å². The molecule has 2 aromatic heterocycles. The molecule has 3 aromatic rings. The summed E-state index contributed by atoms with van der Waals surface area (Å²) >= 11 is 1.44. The van der Waals surface area contributed by atoms with Gasteiger partial charge < -0.3 is 15.8 Å². The van der Waals surface area contributed by atoms with Gasteiger partial charge in [0, 0.05) is 4.88 Å². The second-order valence-corrected chi connectivity index (χ2v) is 7.01. The van der Waals surface area contributed by atoms with Crippen LogP contribution in [0.3, 0.4) is 0 Å². The largest absolute Gasteiger partial charge is 0.475 e. The number of aromatic amines is 1. The van der Waals surface area contributed by atoms with Gasteiger partial charge in [-0.15, -0.1) is 11.3 Å². The summed E-state index contributed by atoms with van der Waals surface area (Å²) in [6.07, 6.45) is 3.68. The fraction of sp³-hybridized carbons (Fsp3) is 0.278. The quantitative estimate of drug-likeness (QED) is 0.652. The van der Waals surface area contributed by atoms with E-state index in [0.29, 0.717) is 16.8 Å². The van der Waals surface area contributed by atoms with Crippen molar-refractivity contribution in [2.75, 3.05) is 6.54 Å². The molecule has 136 valence electrons. The molecule has 0 bridgehead atoms. The van der Waals surface area contributed by atoms with Crippen molar-refractivity contribution in [1.29, 1.82) is 0 Å². The lowest BCUT2D eigenvalue weighted by Gasteiger charge is -1.96. The monoisotopic (exact) mass is 375 g/mol. The lowest BCUT2D eigenvalue weighted by atomic mass is 10.1. The molecule has 0 spiro atoms. The number of hydrogen-bond donors (Lipinski definition) is 3. The molecule has 26 heavy (non-hydrogen) atoms. The highest BCUT2D eigenvalue weighted by molar-refractivity contribution is 7.18. The molecule has 4 N–H and O–H groups in total. The summed E-state index contributed by atoms with van der Waals surface area (Å²) in [4.78, 5) is 30.5. The van der Waals surface area contributed by atoms with Crippen molar-refractivity contribution >= 4 is 27.5 Å². The number of nitrogens with two attached hydrogens (primary N) is 1. The molecule has 0 radical (unpaired) electrons. The van der Waals surface area contributed by atoms with Crippen molar-refractivity contribution in [2.24, 2.45) is 5.73 Å². The Morgan fingerprint density at radius 3 is 2.88 bits per heavy atom. The molecule has 0 fully saturated rings.